The van der Waals surface area contributed by atoms with Gasteiger partial charge in [-0.3, -0.25) is 4.79 Å². The first kappa shape index (κ1) is 27.9. The first-order valence-corrected chi connectivity index (χ1v) is 12.3. The van der Waals surface area contributed by atoms with Crippen LogP contribution in [0.4, 0.5) is 0 Å². The summed E-state index contributed by atoms with van der Waals surface area (Å²) >= 11 is 0. The maximum absolute atomic E-state index is 11.3. The van der Waals surface area contributed by atoms with Crippen molar-refractivity contribution in [2.24, 2.45) is 5.92 Å². The van der Waals surface area contributed by atoms with E-state index in [2.05, 4.69) is 52.0 Å². The highest BCUT2D eigenvalue weighted by Gasteiger charge is 2.35. The molecule has 1 fully saturated rings. The minimum Gasteiger partial charge on any atom is -0.491 e. The van der Waals surface area contributed by atoms with Crippen molar-refractivity contribution in [3.8, 4) is 5.75 Å². The summed E-state index contributed by atoms with van der Waals surface area (Å²) in [5.41, 5.74) is 1.98. The summed E-state index contributed by atoms with van der Waals surface area (Å²) in [6, 6.07) is 18.2. The van der Waals surface area contributed by atoms with Crippen LogP contribution in [0.5, 0.6) is 5.75 Å². The van der Waals surface area contributed by atoms with E-state index in [0.717, 1.165) is 25.0 Å². The van der Waals surface area contributed by atoms with Gasteiger partial charge in [0.1, 0.15) is 18.1 Å². The number of unbranched alkanes of at least 4 members (excludes halogenated alkanes) is 2. The summed E-state index contributed by atoms with van der Waals surface area (Å²) < 4.78 is 5.61. The number of carbonyl (C=O) groups is 1. The lowest BCUT2D eigenvalue weighted by Gasteiger charge is -2.34. The van der Waals surface area contributed by atoms with Crippen LogP contribution < -0.4 is 4.74 Å². The van der Waals surface area contributed by atoms with E-state index in [0.29, 0.717) is 19.4 Å². The standard InChI is InChI=1S/C15H20O3.C9H12.C5H12/c1-12(16)13-7-9-15(17,10-8-13)11-18-14-5-3-2-4-6-14;1-3-9-6-4-8(2)5-7-9;1-3-5-4-2/h2-6,13,17H,7-11H2,1H3;4-7H,3H2,1-2H3;3-5H2,1-2H3. The fourth-order valence-electron chi connectivity index (χ4n) is 3.62. The molecule has 1 N–H and O–H groups in total. The molecule has 0 heterocycles. The van der Waals surface area contributed by atoms with Gasteiger partial charge in [-0.1, -0.05) is 88.1 Å². The Morgan fingerprint density at radius 2 is 1.53 bits per heavy atom. The van der Waals surface area contributed by atoms with Crippen molar-refractivity contribution in [2.75, 3.05) is 6.61 Å². The number of rotatable bonds is 7. The molecule has 0 aromatic heterocycles. The van der Waals surface area contributed by atoms with Crippen molar-refractivity contribution >= 4 is 5.78 Å². The van der Waals surface area contributed by atoms with Gasteiger partial charge in [-0.2, -0.15) is 0 Å². The zero-order valence-electron chi connectivity index (χ0n) is 20.9. The third kappa shape index (κ3) is 11.5. The van der Waals surface area contributed by atoms with E-state index < -0.39 is 5.60 Å². The van der Waals surface area contributed by atoms with E-state index in [4.69, 9.17) is 4.74 Å². The number of benzene rings is 2. The normalized spacial score (nSPS) is 19.6. The van der Waals surface area contributed by atoms with Crippen molar-refractivity contribution in [1.29, 1.82) is 0 Å². The van der Waals surface area contributed by atoms with E-state index in [9.17, 15) is 9.90 Å². The third-order valence-corrected chi connectivity index (χ3v) is 5.98. The van der Waals surface area contributed by atoms with Gasteiger partial charge in [0.05, 0.1) is 5.60 Å². The molecule has 3 nitrogen and oxygen atoms in total. The lowest BCUT2D eigenvalue weighted by atomic mass is 9.78. The fourth-order valence-corrected chi connectivity index (χ4v) is 3.62. The number of hydrogen-bond donors (Lipinski definition) is 1. The second kappa shape index (κ2) is 15.6. The number of ether oxygens (including phenoxy) is 1. The first-order valence-electron chi connectivity index (χ1n) is 12.3. The SMILES string of the molecule is CC(=O)C1CCC(O)(COc2ccccc2)CC1.CCCCC.CCc1ccc(C)cc1. The molecule has 2 aromatic rings. The molecule has 178 valence electrons. The number of ketones is 1. The van der Waals surface area contributed by atoms with Crippen LogP contribution in [0.25, 0.3) is 0 Å². The van der Waals surface area contributed by atoms with E-state index in [1.165, 1.54) is 30.4 Å². The largest absolute Gasteiger partial charge is 0.491 e. The second-order valence-corrected chi connectivity index (χ2v) is 8.90. The zero-order chi connectivity index (χ0) is 23.8. The second-order valence-electron chi connectivity index (χ2n) is 8.90. The van der Waals surface area contributed by atoms with Crippen LogP contribution >= 0.6 is 0 Å². The van der Waals surface area contributed by atoms with Gasteiger partial charge < -0.3 is 9.84 Å². The summed E-state index contributed by atoms with van der Waals surface area (Å²) in [4.78, 5) is 11.3. The van der Waals surface area contributed by atoms with E-state index >= 15 is 0 Å². The number of hydrogen-bond acceptors (Lipinski definition) is 3. The molecule has 1 aliphatic carbocycles. The smallest absolute Gasteiger partial charge is 0.132 e. The highest BCUT2D eigenvalue weighted by molar-refractivity contribution is 5.78. The van der Waals surface area contributed by atoms with Crippen LogP contribution in [-0.2, 0) is 11.2 Å². The van der Waals surface area contributed by atoms with Crippen molar-refractivity contribution in [2.45, 2.75) is 91.6 Å². The van der Waals surface area contributed by atoms with Gasteiger partial charge in [0, 0.05) is 5.92 Å². The van der Waals surface area contributed by atoms with Gasteiger partial charge in [0.2, 0.25) is 0 Å². The monoisotopic (exact) mass is 440 g/mol. The maximum Gasteiger partial charge on any atom is 0.132 e. The van der Waals surface area contributed by atoms with Crippen LogP contribution in [0.15, 0.2) is 54.6 Å². The van der Waals surface area contributed by atoms with E-state index in [1.807, 2.05) is 30.3 Å². The Morgan fingerprint density at radius 1 is 0.969 bits per heavy atom. The topological polar surface area (TPSA) is 46.5 Å². The molecule has 0 radical (unpaired) electrons. The lowest BCUT2D eigenvalue weighted by molar-refractivity contribution is -0.124. The average Bonchev–Trinajstić information content (AvgIpc) is 2.81. The maximum atomic E-state index is 11.3. The van der Waals surface area contributed by atoms with Crippen LogP contribution in [0.3, 0.4) is 0 Å². The molecular weight excluding hydrogens is 396 g/mol. The Morgan fingerprint density at radius 3 is 1.97 bits per heavy atom. The molecule has 32 heavy (non-hydrogen) atoms. The molecule has 0 saturated heterocycles. The molecule has 0 atom stereocenters. The predicted octanol–water partition coefficient (Wildman–Crippen LogP) is 7.33. The van der Waals surface area contributed by atoms with Gasteiger partial charge in [-0.05, 0) is 63.6 Å². The Labute approximate surface area is 196 Å². The lowest BCUT2D eigenvalue weighted by Crippen LogP contribution is -2.40. The highest BCUT2D eigenvalue weighted by atomic mass is 16.5. The molecule has 0 aliphatic heterocycles. The van der Waals surface area contributed by atoms with Gasteiger partial charge in [-0.25, -0.2) is 0 Å². The van der Waals surface area contributed by atoms with Crippen molar-refractivity contribution < 1.29 is 14.6 Å². The Bertz CT molecular complexity index is 727. The number of aliphatic hydroxyl groups is 1. The quantitative estimate of drug-likeness (QED) is 0.490. The van der Waals surface area contributed by atoms with Crippen LogP contribution in [0, 0.1) is 12.8 Å². The molecular formula is C29H44O3. The molecule has 0 bridgehead atoms. The number of para-hydroxylation sites is 1. The number of Topliss-reactive ketones (excluding diaryl/α,β-unsaturated/α-hetero) is 1. The van der Waals surface area contributed by atoms with Crippen LogP contribution in [-0.4, -0.2) is 23.1 Å². The molecule has 0 spiro atoms. The predicted molar refractivity (Wildman–Crippen MR) is 135 cm³/mol. The van der Waals surface area contributed by atoms with Gasteiger partial charge >= 0.3 is 0 Å². The minimum atomic E-state index is -0.776. The average molecular weight is 441 g/mol. The Balaban J connectivity index is 0.000000303. The summed E-state index contributed by atoms with van der Waals surface area (Å²) in [6.07, 6.45) is 8.04. The van der Waals surface area contributed by atoms with Gasteiger partial charge in [0.15, 0.2) is 0 Å². The first-order chi connectivity index (χ1) is 15.3. The van der Waals surface area contributed by atoms with Crippen molar-refractivity contribution in [3.05, 3.63) is 65.7 Å². The van der Waals surface area contributed by atoms with E-state index in [1.54, 1.807) is 6.92 Å². The summed E-state index contributed by atoms with van der Waals surface area (Å²) in [5.74, 6) is 1.14. The van der Waals surface area contributed by atoms with Crippen LogP contribution in [0.2, 0.25) is 0 Å². The highest BCUT2D eigenvalue weighted by Crippen LogP contribution is 2.33. The van der Waals surface area contributed by atoms with Gasteiger partial charge in [0.25, 0.3) is 0 Å². The zero-order valence-corrected chi connectivity index (χ0v) is 20.9. The van der Waals surface area contributed by atoms with Crippen molar-refractivity contribution in [1.82, 2.24) is 0 Å². The third-order valence-electron chi connectivity index (χ3n) is 5.98. The van der Waals surface area contributed by atoms with Crippen molar-refractivity contribution in [3.63, 3.8) is 0 Å². The molecule has 3 heteroatoms. The number of aryl methyl sites for hydroxylation is 2. The minimum absolute atomic E-state index is 0.127. The van der Waals surface area contributed by atoms with Crippen LogP contribution in [0.1, 0.15) is 83.8 Å². The molecule has 1 aliphatic rings. The summed E-state index contributed by atoms with van der Waals surface area (Å²) in [6.45, 7) is 10.6. The molecule has 0 amide bonds. The summed E-state index contributed by atoms with van der Waals surface area (Å²) in [7, 11) is 0. The molecule has 2 aromatic carbocycles. The van der Waals surface area contributed by atoms with E-state index in [-0.39, 0.29) is 11.7 Å². The number of carbonyl (C=O) groups excluding carboxylic acids is 1. The molecule has 0 unspecified atom stereocenters. The fraction of sp³-hybridized carbons (Fsp3) is 0.552. The van der Waals surface area contributed by atoms with Gasteiger partial charge in [-0.15, -0.1) is 0 Å². The Hall–Kier alpha value is -2.13. The summed E-state index contributed by atoms with van der Waals surface area (Å²) in [5, 5.41) is 10.4. The Kier molecular flexibility index (Phi) is 13.6. The molecule has 3 rings (SSSR count). The molecule has 1 saturated carbocycles.